The number of hydrogen-bond donors (Lipinski definition) is 0. The van der Waals surface area contributed by atoms with Gasteiger partial charge in [-0.1, -0.05) is 88.1 Å². The summed E-state index contributed by atoms with van der Waals surface area (Å²) >= 11 is 0. The van der Waals surface area contributed by atoms with Crippen molar-refractivity contribution in [1.82, 2.24) is 0 Å². The van der Waals surface area contributed by atoms with Gasteiger partial charge in [-0.3, -0.25) is 9.59 Å². The molecule has 1 rings (SSSR count). The van der Waals surface area contributed by atoms with Gasteiger partial charge in [0.2, 0.25) is 0 Å². The molecule has 23 heavy (non-hydrogen) atoms. The van der Waals surface area contributed by atoms with Gasteiger partial charge < -0.3 is 0 Å². The normalized spacial score (nSPS) is 10.7. The highest BCUT2D eigenvalue weighted by atomic mass is 16.1. The van der Waals surface area contributed by atoms with E-state index in [1.807, 2.05) is 31.2 Å². The highest BCUT2D eigenvalue weighted by Crippen LogP contribution is 2.12. The lowest BCUT2D eigenvalue weighted by Gasteiger charge is -2.03. The Hall–Kier alpha value is -1.44. The van der Waals surface area contributed by atoms with Crippen molar-refractivity contribution in [3.05, 3.63) is 35.4 Å². The van der Waals surface area contributed by atoms with Gasteiger partial charge in [0, 0.05) is 12.0 Å². The van der Waals surface area contributed by atoms with Gasteiger partial charge in [-0.2, -0.15) is 0 Å². The van der Waals surface area contributed by atoms with E-state index < -0.39 is 0 Å². The second-order valence-electron chi connectivity index (χ2n) is 6.58. The van der Waals surface area contributed by atoms with Crippen LogP contribution in [-0.4, -0.2) is 11.6 Å². The van der Waals surface area contributed by atoms with Gasteiger partial charge in [-0.25, -0.2) is 0 Å². The van der Waals surface area contributed by atoms with Crippen molar-refractivity contribution >= 4 is 11.6 Å². The number of carbonyl (C=O) groups is 2. The maximum absolute atomic E-state index is 12.0. The molecule has 0 aliphatic carbocycles. The summed E-state index contributed by atoms with van der Waals surface area (Å²) in [4.78, 5) is 23.9. The van der Waals surface area contributed by atoms with Crippen molar-refractivity contribution < 1.29 is 9.59 Å². The monoisotopic (exact) mass is 316 g/mol. The number of rotatable bonds is 13. The third kappa shape index (κ3) is 9.32. The summed E-state index contributed by atoms with van der Waals surface area (Å²) in [6.07, 6.45) is 11.8. The van der Waals surface area contributed by atoms with Crippen molar-refractivity contribution in [2.45, 2.75) is 84.5 Å². The van der Waals surface area contributed by atoms with Crippen molar-refractivity contribution in [3.63, 3.8) is 0 Å². The highest BCUT2D eigenvalue weighted by molar-refractivity contribution is 6.07. The van der Waals surface area contributed by atoms with E-state index in [1.54, 1.807) is 0 Å². The summed E-state index contributed by atoms with van der Waals surface area (Å²) in [7, 11) is 0. The second kappa shape index (κ2) is 12.0. The molecule has 1 aromatic rings. The van der Waals surface area contributed by atoms with Gasteiger partial charge in [-0.05, 0) is 13.3 Å². The average molecular weight is 316 g/mol. The zero-order chi connectivity index (χ0) is 16.9. The largest absolute Gasteiger partial charge is 0.299 e. The van der Waals surface area contributed by atoms with E-state index in [4.69, 9.17) is 0 Å². The van der Waals surface area contributed by atoms with Crippen LogP contribution in [0.5, 0.6) is 0 Å². The van der Waals surface area contributed by atoms with E-state index in [2.05, 4.69) is 6.92 Å². The molecule has 0 aliphatic rings. The molecule has 0 aromatic heterocycles. The predicted octanol–water partition coefficient (Wildman–Crippen LogP) is 6.06. The third-order valence-electron chi connectivity index (χ3n) is 4.29. The lowest BCUT2D eigenvalue weighted by atomic mass is 10.0. The van der Waals surface area contributed by atoms with Gasteiger partial charge in [-0.15, -0.1) is 0 Å². The summed E-state index contributed by atoms with van der Waals surface area (Å²) in [6.45, 7) is 4.23. The molecule has 2 heteroatoms. The Morgan fingerprint density at radius 3 is 1.87 bits per heavy atom. The molecule has 0 aliphatic heterocycles. The zero-order valence-corrected chi connectivity index (χ0v) is 14.9. The maximum Gasteiger partial charge on any atom is 0.170 e. The summed E-state index contributed by atoms with van der Waals surface area (Å²) in [6, 6.07) is 7.45. The van der Waals surface area contributed by atoms with Crippen LogP contribution in [0.2, 0.25) is 0 Å². The number of benzene rings is 1. The molecule has 0 bridgehead atoms. The molecule has 0 atom stereocenters. The molecule has 0 fully saturated rings. The smallest absolute Gasteiger partial charge is 0.170 e. The Kier molecular flexibility index (Phi) is 10.3. The summed E-state index contributed by atoms with van der Waals surface area (Å²) in [5.74, 6) is 0.0319. The first kappa shape index (κ1) is 19.6. The van der Waals surface area contributed by atoms with Gasteiger partial charge >= 0.3 is 0 Å². The fourth-order valence-electron chi connectivity index (χ4n) is 2.74. The highest BCUT2D eigenvalue weighted by Gasteiger charge is 2.11. The van der Waals surface area contributed by atoms with Crippen molar-refractivity contribution in [2.24, 2.45) is 0 Å². The quantitative estimate of drug-likeness (QED) is 0.252. The number of ketones is 2. The van der Waals surface area contributed by atoms with Crippen molar-refractivity contribution in [2.75, 3.05) is 0 Å². The van der Waals surface area contributed by atoms with Gasteiger partial charge in [0.1, 0.15) is 5.78 Å². The van der Waals surface area contributed by atoms with E-state index in [9.17, 15) is 9.59 Å². The number of unbranched alkanes of at least 4 members (excludes halogenated alkanes) is 8. The molecule has 128 valence electrons. The first-order chi connectivity index (χ1) is 11.1. The number of carbonyl (C=O) groups excluding carboxylic acids is 2. The zero-order valence-electron chi connectivity index (χ0n) is 14.9. The molecule has 0 saturated heterocycles. The molecular formula is C21H32O2. The van der Waals surface area contributed by atoms with Crippen LogP contribution in [0.4, 0.5) is 0 Å². The molecule has 0 unspecified atom stereocenters. The summed E-state index contributed by atoms with van der Waals surface area (Å²) in [5, 5.41) is 0. The van der Waals surface area contributed by atoms with Crippen molar-refractivity contribution in [3.8, 4) is 0 Å². The molecule has 0 saturated carbocycles. The van der Waals surface area contributed by atoms with E-state index >= 15 is 0 Å². The summed E-state index contributed by atoms with van der Waals surface area (Å²) < 4.78 is 0. The third-order valence-corrected chi connectivity index (χ3v) is 4.29. The Morgan fingerprint density at radius 1 is 0.783 bits per heavy atom. The lowest BCUT2D eigenvalue weighted by molar-refractivity contribution is -0.118. The van der Waals surface area contributed by atoms with E-state index in [1.165, 1.54) is 44.9 Å². The topological polar surface area (TPSA) is 34.1 Å². The lowest BCUT2D eigenvalue weighted by Crippen LogP contribution is -2.08. The Morgan fingerprint density at radius 2 is 1.30 bits per heavy atom. The van der Waals surface area contributed by atoms with E-state index in [0.29, 0.717) is 12.0 Å². The minimum Gasteiger partial charge on any atom is -0.299 e. The minimum absolute atomic E-state index is 0.0501. The van der Waals surface area contributed by atoms with E-state index in [-0.39, 0.29) is 18.0 Å². The molecule has 0 spiro atoms. The molecule has 1 aromatic carbocycles. The van der Waals surface area contributed by atoms with Crippen LogP contribution in [-0.2, 0) is 4.79 Å². The van der Waals surface area contributed by atoms with Gasteiger partial charge in [0.05, 0.1) is 6.42 Å². The number of hydrogen-bond acceptors (Lipinski definition) is 2. The fourth-order valence-corrected chi connectivity index (χ4v) is 2.74. The Bertz CT molecular complexity index is 459. The molecule has 0 amide bonds. The first-order valence-electron chi connectivity index (χ1n) is 9.25. The fraction of sp³-hybridized carbons (Fsp3) is 0.619. The molecular weight excluding hydrogens is 284 g/mol. The van der Waals surface area contributed by atoms with Gasteiger partial charge in [0.15, 0.2) is 5.78 Å². The maximum atomic E-state index is 12.0. The van der Waals surface area contributed by atoms with Crippen LogP contribution in [0.1, 0.15) is 93.5 Å². The minimum atomic E-state index is -0.0501. The van der Waals surface area contributed by atoms with Crippen LogP contribution in [0.25, 0.3) is 0 Å². The average Bonchev–Trinajstić information content (AvgIpc) is 2.54. The number of Topliss-reactive ketones (excluding diaryl/α,β-unsaturated/α-hetero) is 2. The van der Waals surface area contributed by atoms with E-state index in [0.717, 1.165) is 18.4 Å². The van der Waals surface area contributed by atoms with Crippen LogP contribution in [0.3, 0.4) is 0 Å². The van der Waals surface area contributed by atoms with Crippen LogP contribution in [0.15, 0.2) is 24.3 Å². The van der Waals surface area contributed by atoms with Crippen LogP contribution < -0.4 is 0 Å². The summed E-state index contributed by atoms with van der Waals surface area (Å²) in [5.41, 5.74) is 1.78. The standard InChI is InChI=1S/C21H32O2/c1-3-4-5-6-7-8-9-10-11-12-20(22)17-21(23)19-15-13-18(2)14-16-19/h13-16H,3-12,17H2,1-2H3. The number of aryl methyl sites for hydroxylation is 1. The molecule has 0 N–H and O–H groups in total. The predicted molar refractivity (Wildman–Crippen MR) is 97.0 cm³/mol. The van der Waals surface area contributed by atoms with Crippen molar-refractivity contribution in [1.29, 1.82) is 0 Å². The Labute approximate surface area is 141 Å². The Balaban J connectivity index is 2.06. The SMILES string of the molecule is CCCCCCCCCCCC(=O)CC(=O)c1ccc(C)cc1. The second-order valence-corrected chi connectivity index (χ2v) is 6.58. The molecule has 0 radical (unpaired) electrons. The van der Waals surface area contributed by atoms with Crippen LogP contribution in [0, 0.1) is 6.92 Å². The first-order valence-corrected chi connectivity index (χ1v) is 9.25. The molecule has 2 nitrogen and oxygen atoms in total. The van der Waals surface area contributed by atoms with Gasteiger partial charge in [0.25, 0.3) is 0 Å². The van der Waals surface area contributed by atoms with Crippen LogP contribution >= 0.6 is 0 Å². The molecule has 0 heterocycles.